The number of para-hydroxylation sites is 1. The number of rotatable bonds is 2. The molecule has 0 saturated heterocycles. The molecule has 0 bridgehead atoms. The molecule has 0 aliphatic heterocycles. The Labute approximate surface area is 111 Å². The van der Waals surface area contributed by atoms with Crippen LogP contribution in [-0.4, -0.2) is 11.9 Å². The topological polar surface area (TPSA) is 20.3 Å². The van der Waals surface area contributed by atoms with Crippen LogP contribution in [0.25, 0.3) is 0 Å². The van der Waals surface area contributed by atoms with E-state index < -0.39 is 0 Å². The van der Waals surface area contributed by atoms with Crippen molar-refractivity contribution in [1.29, 1.82) is 0 Å². The van der Waals surface area contributed by atoms with Gasteiger partial charge in [-0.25, -0.2) is 0 Å². The molecule has 2 nitrogen and oxygen atoms in total. The van der Waals surface area contributed by atoms with Gasteiger partial charge in [-0.2, -0.15) is 0 Å². The summed E-state index contributed by atoms with van der Waals surface area (Å²) in [6.45, 7) is 1.66. The minimum absolute atomic E-state index is 0.142. The van der Waals surface area contributed by atoms with Gasteiger partial charge < -0.3 is 4.90 Å². The molecule has 1 aromatic carbocycles. The Hall–Kier alpha value is -0.830. The SMILES string of the molecule is CC(=O)N(c1ccccc1Br)C1CCCCC1. The molecule has 1 amide bonds. The van der Waals surface area contributed by atoms with Crippen molar-refractivity contribution in [3.05, 3.63) is 28.7 Å². The second-order valence-corrected chi connectivity index (χ2v) is 5.49. The van der Waals surface area contributed by atoms with Gasteiger partial charge in [-0.15, -0.1) is 0 Å². The summed E-state index contributed by atoms with van der Waals surface area (Å²) in [6.07, 6.45) is 6.03. The highest BCUT2D eigenvalue weighted by atomic mass is 79.9. The zero-order chi connectivity index (χ0) is 12.3. The normalized spacial score (nSPS) is 16.8. The Bertz CT molecular complexity index is 399. The maximum atomic E-state index is 11.9. The average Bonchev–Trinajstić information content (AvgIpc) is 2.33. The Morgan fingerprint density at radius 1 is 1.24 bits per heavy atom. The first-order valence-corrected chi connectivity index (χ1v) is 7.04. The summed E-state index contributed by atoms with van der Waals surface area (Å²) in [7, 11) is 0. The molecular formula is C14H18BrNO. The van der Waals surface area contributed by atoms with Gasteiger partial charge in [0.15, 0.2) is 0 Å². The van der Waals surface area contributed by atoms with Gasteiger partial charge in [0.1, 0.15) is 0 Å². The molecule has 1 fully saturated rings. The molecule has 1 saturated carbocycles. The first kappa shape index (κ1) is 12.6. The number of hydrogen-bond donors (Lipinski definition) is 0. The fraction of sp³-hybridized carbons (Fsp3) is 0.500. The molecule has 17 heavy (non-hydrogen) atoms. The molecule has 3 heteroatoms. The smallest absolute Gasteiger partial charge is 0.224 e. The van der Waals surface area contributed by atoms with Crippen LogP contribution in [0.2, 0.25) is 0 Å². The van der Waals surface area contributed by atoms with Gasteiger partial charge in [0.2, 0.25) is 5.91 Å². The first-order valence-electron chi connectivity index (χ1n) is 6.24. The summed E-state index contributed by atoms with van der Waals surface area (Å²) in [6, 6.07) is 8.35. The number of halogens is 1. The van der Waals surface area contributed by atoms with Crippen LogP contribution in [0.4, 0.5) is 5.69 Å². The predicted molar refractivity (Wildman–Crippen MR) is 74.2 cm³/mol. The Morgan fingerprint density at radius 3 is 2.47 bits per heavy atom. The largest absolute Gasteiger partial charge is 0.308 e. The standard InChI is InChI=1S/C14H18BrNO/c1-11(17)16(12-7-3-2-4-8-12)14-10-6-5-9-13(14)15/h5-6,9-10,12H,2-4,7-8H2,1H3. The van der Waals surface area contributed by atoms with Crippen molar-refractivity contribution in [1.82, 2.24) is 0 Å². The summed E-state index contributed by atoms with van der Waals surface area (Å²) in [4.78, 5) is 13.9. The van der Waals surface area contributed by atoms with Crippen molar-refractivity contribution in [2.75, 3.05) is 4.90 Å². The van der Waals surface area contributed by atoms with E-state index in [9.17, 15) is 4.79 Å². The van der Waals surface area contributed by atoms with Gasteiger partial charge in [0, 0.05) is 17.4 Å². The highest BCUT2D eigenvalue weighted by Gasteiger charge is 2.25. The molecular weight excluding hydrogens is 278 g/mol. The van der Waals surface area contributed by atoms with E-state index in [1.807, 2.05) is 29.2 Å². The van der Waals surface area contributed by atoms with Crippen molar-refractivity contribution >= 4 is 27.5 Å². The summed E-state index contributed by atoms with van der Waals surface area (Å²) in [5.74, 6) is 0.142. The molecule has 0 heterocycles. The van der Waals surface area contributed by atoms with Crippen molar-refractivity contribution in [2.24, 2.45) is 0 Å². The van der Waals surface area contributed by atoms with Crippen molar-refractivity contribution in [3.8, 4) is 0 Å². The van der Waals surface area contributed by atoms with E-state index >= 15 is 0 Å². The van der Waals surface area contributed by atoms with Crippen LogP contribution in [-0.2, 0) is 4.79 Å². The van der Waals surface area contributed by atoms with Crippen LogP contribution >= 0.6 is 15.9 Å². The molecule has 0 spiro atoms. The van der Waals surface area contributed by atoms with Crippen molar-refractivity contribution < 1.29 is 4.79 Å². The van der Waals surface area contributed by atoms with Crippen LogP contribution in [0, 0.1) is 0 Å². The summed E-state index contributed by atoms with van der Waals surface area (Å²) < 4.78 is 1.00. The lowest BCUT2D eigenvalue weighted by Gasteiger charge is -2.34. The lowest BCUT2D eigenvalue weighted by atomic mass is 9.93. The fourth-order valence-corrected chi connectivity index (χ4v) is 3.09. The average molecular weight is 296 g/mol. The highest BCUT2D eigenvalue weighted by Crippen LogP contribution is 2.32. The number of anilines is 1. The van der Waals surface area contributed by atoms with Crippen molar-refractivity contribution in [3.63, 3.8) is 0 Å². The maximum Gasteiger partial charge on any atom is 0.224 e. The molecule has 1 aliphatic carbocycles. The summed E-state index contributed by atoms with van der Waals surface area (Å²) >= 11 is 3.54. The summed E-state index contributed by atoms with van der Waals surface area (Å²) in [5.41, 5.74) is 1.01. The number of carbonyl (C=O) groups is 1. The van der Waals surface area contributed by atoms with Crippen LogP contribution in [0.5, 0.6) is 0 Å². The molecule has 0 atom stereocenters. The molecule has 0 N–H and O–H groups in total. The number of benzene rings is 1. The van der Waals surface area contributed by atoms with E-state index in [2.05, 4.69) is 15.9 Å². The van der Waals surface area contributed by atoms with Crippen LogP contribution < -0.4 is 4.90 Å². The van der Waals surface area contributed by atoms with E-state index in [0.29, 0.717) is 6.04 Å². The predicted octanol–water partition coefficient (Wildman–Crippen LogP) is 4.13. The molecule has 1 aromatic rings. The van der Waals surface area contributed by atoms with E-state index in [1.54, 1.807) is 6.92 Å². The lowest BCUT2D eigenvalue weighted by molar-refractivity contribution is -0.117. The van der Waals surface area contributed by atoms with E-state index in [0.717, 1.165) is 23.0 Å². The molecule has 0 aromatic heterocycles. The molecule has 2 rings (SSSR count). The van der Waals surface area contributed by atoms with Gasteiger partial charge in [0.25, 0.3) is 0 Å². The van der Waals surface area contributed by atoms with E-state index in [-0.39, 0.29) is 5.91 Å². The number of hydrogen-bond acceptors (Lipinski definition) is 1. The van der Waals surface area contributed by atoms with E-state index in [4.69, 9.17) is 0 Å². The Kier molecular flexibility index (Phi) is 4.21. The van der Waals surface area contributed by atoms with Gasteiger partial charge in [-0.3, -0.25) is 4.79 Å². The molecule has 0 unspecified atom stereocenters. The van der Waals surface area contributed by atoms with Crippen LogP contribution in [0.1, 0.15) is 39.0 Å². The second-order valence-electron chi connectivity index (χ2n) is 4.63. The zero-order valence-electron chi connectivity index (χ0n) is 10.2. The van der Waals surface area contributed by atoms with Gasteiger partial charge in [0.05, 0.1) is 5.69 Å². The molecule has 92 valence electrons. The zero-order valence-corrected chi connectivity index (χ0v) is 11.7. The lowest BCUT2D eigenvalue weighted by Crippen LogP contribution is -2.40. The first-order chi connectivity index (χ1) is 8.20. The molecule has 0 radical (unpaired) electrons. The maximum absolute atomic E-state index is 11.9. The number of amides is 1. The third-order valence-electron chi connectivity index (χ3n) is 3.39. The quantitative estimate of drug-likeness (QED) is 0.803. The van der Waals surface area contributed by atoms with Crippen LogP contribution in [0.15, 0.2) is 28.7 Å². The third kappa shape index (κ3) is 2.89. The number of nitrogens with zero attached hydrogens (tertiary/aromatic N) is 1. The Balaban J connectivity index is 2.28. The minimum Gasteiger partial charge on any atom is -0.308 e. The van der Waals surface area contributed by atoms with Gasteiger partial charge in [-0.1, -0.05) is 31.4 Å². The van der Waals surface area contributed by atoms with Crippen LogP contribution in [0.3, 0.4) is 0 Å². The van der Waals surface area contributed by atoms with Gasteiger partial charge >= 0.3 is 0 Å². The van der Waals surface area contributed by atoms with E-state index in [1.165, 1.54) is 19.3 Å². The summed E-state index contributed by atoms with van der Waals surface area (Å²) in [5, 5.41) is 0. The second kappa shape index (κ2) is 5.67. The monoisotopic (exact) mass is 295 g/mol. The molecule has 1 aliphatic rings. The highest BCUT2D eigenvalue weighted by molar-refractivity contribution is 9.10. The third-order valence-corrected chi connectivity index (χ3v) is 4.06. The number of carbonyl (C=O) groups excluding carboxylic acids is 1. The van der Waals surface area contributed by atoms with Crippen molar-refractivity contribution in [2.45, 2.75) is 45.1 Å². The fourth-order valence-electron chi connectivity index (χ4n) is 2.61. The van der Waals surface area contributed by atoms with Gasteiger partial charge in [-0.05, 0) is 40.9 Å². The Morgan fingerprint density at radius 2 is 1.88 bits per heavy atom. The minimum atomic E-state index is 0.142.